The van der Waals surface area contributed by atoms with Gasteiger partial charge in [0, 0.05) is 13.1 Å². The van der Waals surface area contributed by atoms with Gasteiger partial charge in [-0.2, -0.15) is 0 Å². The van der Waals surface area contributed by atoms with Gasteiger partial charge in [-0.15, -0.1) is 0 Å². The lowest BCUT2D eigenvalue weighted by Crippen LogP contribution is -2.35. The predicted octanol–water partition coefficient (Wildman–Crippen LogP) is 1.56. The lowest BCUT2D eigenvalue weighted by Gasteiger charge is -2.08. The van der Waals surface area contributed by atoms with Crippen LogP contribution in [0.15, 0.2) is 18.2 Å². The summed E-state index contributed by atoms with van der Waals surface area (Å²) in [5, 5.41) is 4.83. The van der Waals surface area contributed by atoms with Gasteiger partial charge in [0.1, 0.15) is 5.82 Å². The van der Waals surface area contributed by atoms with E-state index in [9.17, 15) is 14.0 Å². The summed E-state index contributed by atoms with van der Waals surface area (Å²) in [5.74, 6) is -1.33. The summed E-state index contributed by atoms with van der Waals surface area (Å²) in [6.07, 6.45) is -0.604. The molecule has 18 heavy (non-hydrogen) atoms. The molecule has 0 unspecified atom stereocenters. The molecule has 0 fully saturated rings. The SMILES string of the molecule is COC(=O)NCCNC(=O)c1c(F)cccc1Cl. The Bertz CT molecular complexity index is 434. The van der Waals surface area contributed by atoms with Crippen LogP contribution >= 0.6 is 11.6 Å². The number of carbonyl (C=O) groups is 2. The minimum Gasteiger partial charge on any atom is -0.453 e. The Hall–Kier alpha value is -1.82. The molecule has 7 heteroatoms. The van der Waals surface area contributed by atoms with Gasteiger partial charge in [-0.25, -0.2) is 9.18 Å². The first-order valence-electron chi connectivity index (χ1n) is 5.10. The second kappa shape index (κ2) is 6.80. The Kier molecular flexibility index (Phi) is 5.38. The van der Waals surface area contributed by atoms with E-state index in [0.717, 1.165) is 6.07 Å². The third-order valence-corrected chi connectivity index (χ3v) is 2.37. The zero-order chi connectivity index (χ0) is 13.5. The van der Waals surface area contributed by atoms with Gasteiger partial charge in [0.05, 0.1) is 17.7 Å². The molecule has 1 aromatic rings. The largest absolute Gasteiger partial charge is 0.453 e. The monoisotopic (exact) mass is 274 g/mol. The van der Waals surface area contributed by atoms with Crippen molar-refractivity contribution in [3.8, 4) is 0 Å². The minimum atomic E-state index is -0.694. The minimum absolute atomic E-state index is 0.0356. The number of amides is 2. The Balaban J connectivity index is 2.49. The second-order valence-corrected chi connectivity index (χ2v) is 3.68. The van der Waals surface area contributed by atoms with Crippen molar-refractivity contribution >= 4 is 23.6 Å². The smallest absolute Gasteiger partial charge is 0.406 e. The molecule has 2 amide bonds. The highest BCUT2D eigenvalue weighted by Crippen LogP contribution is 2.18. The molecule has 0 spiro atoms. The number of benzene rings is 1. The number of hydrogen-bond donors (Lipinski definition) is 2. The molecule has 0 radical (unpaired) electrons. The first-order chi connectivity index (χ1) is 8.56. The van der Waals surface area contributed by atoms with E-state index in [2.05, 4.69) is 15.4 Å². The molecule has 2 N–H and O–H groups in total. The van der Waals surface area contributed by atoms with Gasteiger partial charge in [-0.05, 0) is 12.1 Å². The fourth-order valence-electron chi connectivity index (χ4n) is 1.22. The van der Waals surface area contributed by atoms with Gasteiger partial charge >= 0.3 is 6.09 Å². The molecule has 5 nitrogen and oxygen atoms in total. The number of ether oxygens (including phenoxy) is 1. The molecule has 98 valence electrons. The number of alkyl carbamates (subject to hydrolysis) is 1. The molecule has 0 heterocycles. The van der Waals surface area contributed by atoms with E-state index in [1.165, 1.54) is 19.2 Å². The normalized spacial score (nSPS) is 9.72. The van der Waals surface area contributed by atoms with Crippen molar-refractivity contribution in [2.24, 2.45) is 0 Å². The number of methoxy groups -OCH3 is 1. The summed E-state index contributed by atoms with van der Waals surface area (Å²) in [7, 11) is 1.23. The standard InChI is InChI=1S/C11H12ClFN2O3/c1-18-11(17)15-6-5-14-10(16)9-7(12)3-2-4-8(9)13/h2-4H,5-6H2,1H3,(H,14,16)(H,15,17). The molecule has 1 rings (SSSR count). The van der Waals surface area contributed by atoms with Gasteiger partial charge in [0.15, 0.2) is 0 Å². The average molecular weight is 275 g/mol. The molecule has 0 aliphatic carbocycles. The number of carbonyl (C=O) groups excluding carboxylic acids is 2. The Labute approximate surface area is 108 Å². The van der Waals surface area contributed by atoms with Gasteiger partial charge in [-0.1, -0.05) is 17.7 Å². The van der Waals surface area contributed by atoms with E-state index in [-0.39, 0.29) is 23.7 Å². The van der Waals surface area contributed by atoms with Crippen LogP contribution in [0.25, 0.3) is 0 Å². The molecule has 1 aromatic carbocycles. The van der Waals surface area contributed by atoms with Crippen LogP contribution in [0.4, 0.5) is 9.18 Å². The van der Waals surface area contributed by atoms with Crippen molar-refractivity contribution in [1.82, 2.24) is 10.6 Å². The summed E-state index contributed by atoms with van der Waals surface area (Å²) < 4.78 is 17.7. The lowest BCUT2D eigenvalue weighted by atomic mass is 10.2. The van der Waals surface area contributed by atoms with E-state index in [0.29, 0.717) is 0 Å². The van der Waals surface area contributed by atoms with E-state index >= 15 is 0 Å². The van der Waals surface area contributed by atoms with E-state index in [4.69, 9.17) is 11.6 Å². The van der Waals surface area contributed by atoms with Crippen LogP contribution in [0.5, 0.6) is 0 Å². The molecular formula is C11H12ClFN2O3. The van der Waals surface area contributed by atoms with Crippen LogP contribution in [0.1, 0.15) is 10.4 Å². The van der Waals surface area contributed by atoms with Gasteiger partial charge < -0.3 is 15.4 Å². The van der Waals surface area contributed by atoms with E-state index < -0.39 is 17.8 Å². The topological polar surface area (TPSA) is 67.4 Å². The predicted molar refractivity (Wildman–Crippen MR) is 64.2 cm³/mol. The summed E-state index contributed by atoms with van der Waals surface area (Å²) in [6, 6.07) is 3.98. The third-order valence-electron chi connectivity index (χ3n) is 2.06. The fourth-order valence-corrected chi connectivity index (χ4v) is 1.46. The van der Waals surface area contributed by atoms with Crippen LogP contribution in [0.2, 0.25) is 5.02 Å². The van der Waals surface area contributed by atoms with Gasteiger partial charge in [-0.3, -0.25) is 4.79 Å². The maximum atomic E-state index is 13.4. The van der Waals surface area contributed by atoms with Crippen LogP contribution in [-0.4, -0.2) is 32.2 Å². The maximum absolute atomic E-state index is 13.4. The summed E-state index contributed by atoms with van der Waals surface area (Å²) >= 11 is 5.72. The van der Waals surface area contributed by atoms with Gasteiger partial charge in [0.2, 0.25) is 0 Å². The zero-order valence-electron chi connectivity index (χ0n) is 9.63. The van der Waals surface area contributed by atoms with Crippen molar-refractivity contribution in [3.63, 3.8) is 0 Å². The highest BCUT2D eigenvalue weighted by atomic mass is 35.5. The van der Waals surface area contributed by atoms with Crippen molar-refractivity contribution < 1.29 is 18.7 Å². The van der Waals surface area contributed by atoms with Crippen molar-refractivity contribution in [2.45, 2.75) is 0 Å². The summed E-state index contributed by atoms with van der Waals surface area (Å²) in [5.41, 5.74) is -0.211. The van der Waals surface area contributed by atoms with Crippen molar-refractivity contribution in [2.75, 3.05) is 20.2 Å². The van der Waals surface area contributed by atoms with Crippen molar-refractivity contribution in [1.29, 1.82) is 0 Å². The number of rotatable bonds is 4. The zero-order valence-corrected chi connectivity index (χ0v) is 10.4. The van der Waals surface area contributed by atoms with Crippen LogP contribution in [-0.2, 0) is 4.74 Å². The number of halogens is 2. The molecule has 0 saturated carbocycles. The molecule has 0 saturated heterocycles. The highest BCUT2D eigenvalue weighted by Gasteiger charge is 2.14. The van der Waals surface area contributed by atoms with Gasteiger partial charge in [0.25, 0.3) is 5.91 Å². The Morgan fingerprint density at radius 3 is 2.61 bits per heavy atom. The number of hydrogen-bond acceptors (Lipinski definition) is 3. The second-order valence-electron chi connectivity index (χ2n) is 3.27. The lowest BCUT2D eigenvalue weighted by molar-refractivity contribution is 0.0949. The molecule has 0 aromatic heterocycles. The van der Waals surface area contributed by atoms with E-state index in [1.807, 2.05) is 0 Å². The molecule has 0 aliphatic rings. The molecular weight excluding hydrogens is 263 g/mol. The summed E-state index contributed by atoms with van der Waals surface area (Å²) in [6.45, 7) is 0.309. The first-order valence-corrected chi connectivity index (χ1v) is 5.48. The highest BCUT2D eigenvalue weighted by molar-refractivity contribution is 6.33. The molecule has 0 atom stereocenters. The first kappa shape index (κ1) is 14.2. The van der Waals surface area contributed by atoms with Crippen molar-refractivity contribution in [3.05, 3.63) is 34.6 Å². The molecule has 0 aliphatic heterocycles. The maximum Gasteiger partial charge on any atom is 0.406 e. The molecule has 0 bridgehead atoms. The summed E-state index contributed by atoms with van der Waals surface area (Å²) in [4.78, 5) is 22.3. The average Bonchev–Trinajstić information content (AvgIpc) is 2.34. The van der Waals surface area contributed by atoms with Crippen LogP contribution in [0, 0.1) is 5.82 Å². The quantitative estimate of drug-likeness (QED) is 0.819. The Morgan fingerprint density at radius 1 is 1.33 bits per heavy atom. The third kappa shape index (κ3) is 3.89. The fraction of sp³-hybridized carbons (Fsp3) is 0.273. The number of nitrogens with one attached hydrogen (secondary N) is 2. The van der Waals surface area contributed by atoms with E-state index in [1.54, 1.807) is 0 Å². The Morgan fingerprint density at radius 2 is 2.00 bits per heavy atom. The van der Waals surface area contributed by atoms with Crippen LogP contribution in [0.3, 0.4) is 0 Å². The van der Waals surface area contributed by atoms with Crippen LogP contribution < -0.4 is 10.6 Å².